The van der Waals surface area contributed by atoms with Gasteiger partial charge in [0.25, 0.3) is 0 Å². The highest BCUT2D eigenvalue weighted by Gasteiger charge is 2.05. The zero-order valence-electron chi connectivity index (χ0n) is 11.6. The maximum absolute atomic E-state index is 10.5. The van der Waals surface area contributed by atoms with Crippen molar-refractivity contribution in [3.05, 3.63) is 64.1 Å². The van der Waals surface area contributed by atoms with E-state index >= 15 is 0 Å². The lowest BCUT2D eigenvalue weighted by Gasteiger charge is -2.12. The maximum atomic E-state index is 10.5. The number of ether oxygens (including phenoxy) is 2. The molecule has 0 saturated carbocycles. The molecule has 0 amide bonds. The number of benzene rings is 2. The Bertz CT molecular complexity index is 650. The van der Waals surface area contributed by atoms with Gasteiger partial charge in [-0.1, -0.05) is 34.1 Å². The molecule has 0 aliphatic rings. The number of carbonyl (C=O) groups is 1. The molecule has 0 heterocycles. The van der Waals surface area contributed by atoms with E-state index in [9.17, 15) is 4.79 Å². The topological polar surface area (TPSA) is 35.5 Å². The van der Waals surface area contributed by atoms with Crippen molar-refractivity contribution < 1.29 is 14.3 Å². The molecule has 3 nitrogen and oxygen atoms in total. The van der Waals surface area contributed by atoms with Gasteiger partial charge in [0.15, 0.2) is 0 Å². The number of hydrogen-bond acceptors (Lipinski definition) is 3. The molecular formula is C17H15BrO3. The lowest BCUT2D eigenvalue weighted by molar-refractivity contribution is -0.104. The molecule has 108 valence electrons. The van der Waals surface area contributed by atoms with E-state index in [0.717, 1.165) is 27.6 Å². The van der Waals surface area contributed by atoms with Crippen LogP contribution in [-0.2, 0) is 11.4 Å². The Hall–Kier alpha value is -2.07. The summed E-state index contributed by atoms with van der Waals surface area (Å²) in [6.07, 6.45) is 3.90. The van der Waals surface area contributed by atoms with Crippen LogP contribution in [0.3, 0.4) is 0 Å². The molecule has 0 bridgehead atoms. The van der Waals surface area contributed by atoms with Crippen molar-refractivity contribution >= 4 is 28.3 Å². The van der Waals surface area contributed by atoms with E-state index < -0.39 is 0 Å². The Morgan fingerprint density at radius 2 is 1.95 bits per heavy atom. The smallest absolute Gasteiger partial charge is 0.142 e. The van der Waals surface area contributed by atoms with E-state index in [1.807, 2.05) is 42.5 Å². The number of halogens is 1. The molecule has 4 heteroatoms. The number of aldehydes is 1. The molecule has 0 spiro atoms. The van der Waals surface area contributed by atoms with Crippen molar-refractivity contribution in [2.24, 2.45) is 0 Å². The highest BCUT2D eigenvalue weighted by Crippen LogP contribution is 2.26. The molecule has 2 aromatic rings. The first-order valence-electron chi connectivity index (χ1n) is 6.40. The normalized spacial score (nSPS) is 10.6. The molecule has 2 rings (SSSR count). The Morgan fingerprint density at radius 3 is 2.71 bits per heavy atom. The van der Waals surface area contributed by atoms with Crippen molar-refractivity contribution in [3.63, 3.8) is 0 Å². The van der Waals surface area contributed by atoms with Gasteiger partial charge < -0.3 is 9.47 Å². The number of carbonyl (C=O) groups excluding carboxylic acids is 1. The predicted octanol–water partition coefficient (Wildman–Crippen LogP) is 4.25. The van der Waals surface area contributed by atoms with Gasteiger partial charge >= 0.3 is 0 Å². The van der Waals surface area contributed by atoms with E-state index in [1.165, 1.54) is 6.08 Å². The van der Waals surface area contributed by atoms with Crippen LogP contribution in [0.1, 0.15) is 11.1 Å². The van der Waals surface area contributed by atoms with Crippen LogP contribution in [0.15, 0.2) is 53.0 Å². The average molecular weight is 347 g/mol. The van der Waals surface area contributed by atoms with Gasteiger partial charge in [0.05, 0.1) is 7.11 Å². The summed E-state index contributed by atoms with van der Waals surface area (Å²) in [5.41, 5.74) is 1.81. The van der Waals surface area contributed by atoms with Gasteiger partial charge in [-0.3, -0.25) is 4.79 Å². The van der Waals surface area contributed by atoms with Crippen molar-refractivity contribution in [2.75, 3.05) is 7.11 Å². The van der Waals surface area contributed by atoms with Gasteiger partial charge in [0.1, 0.15) is 24.4 Å². The van der Waals surface area contributed by atoms with Crippen LogP contribution in [0, 0.1) is 0 Å². The van der Waals surface area contributed by atoms with E-state index in [-0.39, 0.29) is 0 Å². The van der Waals surface area contributed by atoms with Crippen LogP contribution < -0.4 is 9.47 Å². The third kappa shape index (κ3) is 4.20. The molecule has 0 saturated heterocycles. The lowest BCUT2D eigenvalue weighted by Crippen LogP contribution is -1.99. The fourth-order valence-corrected chi connectivity index (χ4v) is 2.28. The molecular weight excluding hydrogens is 332 g/mol. The van der Waals surface area contributed by atoms with Crippen molar-refractivity contribution in [2.45, 2.75) is 6.61 Å². The van der Waals surface area contributed by atoms with Crippen molar-refractivity contribution in [3.8, 4) is 11.5 Å². The molecule has 0 N–H and O–H groups in total. The zero-order valence-corrected chi connectivity index (χ0v) is 13.2. The molecule has 2 aromatic carbocycles. The number of para-hydroxylation sites is 1. The number of rotatable bonds is 6. The van der Waals surface area contributed by atoms with Gasteiger partial charge in [0, 0.05) is 15.6 Å². The average Bonchev–Trinajstić information content (AvgIpc) is 2.52. The molecule has 0 radical (unpaired) electrons. The summed E-state index contributed by atoms with van der Waals surface area (Å²) < 4.78 is 12.1. The third-order valence-corrected chi connectivity index (χ3v) is 3.40. The van der Waals surface area contributed by atoms with E-state index in [4.69, 9.17) is 9.47 Å². The van der Waals surface area contributed by atoms with Gasteiger partial charge in [-0.25, -0.2) is 0 Å². The Balaban J connectivity index is 2.19. The highest BCUT2D eigenvalue weighted by molar-refractivity contribution is 9.10. The summed E-state index contributed by atoms with van der Waals surface area (Å²) in [6.45, 7) is 0.396. The first-order chi connectivity index (χ1) is 10.2. The van der Waals surface area contributed by atoms with E-state index in [0.29, 0.717) is 12.4 Å². The van der Waals surface area contributed by atoms with Crippen LogP contribution in [-0.4, -0.2) is 13.4 Å². The van der Waals surface area contributed by atoms with Crippen molar-refractivity contribution in [1.82, 2.24) is 0 Å². The third-order valence-electron chi connectivity index (χ3n) is 2.90. The summed E-state index contributed by atoms with van der Waals surface area (Å²) in [7, 11) is 1.64. The van der Waals surface area contributed by atoms with Gasteiger partial charge in [0.2, 0.25) is 0 Å². The molecule has 0 unspecified atom stereocenters. The SMILES string of the molecule is COc1ccccc1COc1ccc(Br)cc1C=CC=O. The monoisotopic (exact) mass is 346 g/mol. The number of allylic oxidation sites excluding steroid dienone is 1. The first-order valence-corrected chi connectivity index (χ1v) is 7.20. The molecule has 0 fully saturated rings. The van der Waals surface area contributed by atoms with Gasteiger partial charge in [-0.2, -0.15) is 0 Å². The zero-order chi connectivity index (χ0) is 15.1. The minimum atomic E-state index is 0.396. The summed E-state index contributed by atoms with van der Waals surface area (Å²) in [4.78, 5) is 10.5. The van der Waals surface area contributed by atoms with Crippen LogP contribution in [0.2, 0.25) is 0 Å². The molecule has 0 atom stereocenters. The van der Waals surface area contributed by atoms with Gasteiger partial charge in [-0.15, -0.1) is 0 Å². The van der Waals surface area contributed by atoms with Crippen LogP contribution in [0.5, 0.6) is 11.5 Å². The Labute approximate surface area is 132 Å². The lowest BCUT2D eigenvalue weighted by atomic mass is 10.2. The molecule has 0 aliphatic carbocycles. The molecule has 0 aliphatic heterocycles. The first kappa shape index (κ1) is 15.3. The summed E-state index contributed by atoms with van der Waals surface area (Å²) >= 11 is 3.41. The number of hydrogen-bond donors (Lipinski definition) is 0. The van der Waals surface area contributed by atoms with Gasteiger partial charge in [-0.05, 0) is 36.4 Å². The fraction of sp³-hybridized carbons (Fsp3) is 0.118. The summed E-state index contributed by atoms with van der Waals surface area (Å²) in [5.74, 6) is 1.50. The second-order valence-electron chi connectivity index (χ2n) is 4.28. The fourth-order valence-electron chi connectivity index (χ4n) is 1.90. The standard InChI is InChI=1S/C17H15BrO3/c1-20-16-7-3-2-5-14(16)12-21-17-9-8-15(18)11-13(17)6-4-10-19/h2-11H,12H2,1H3. The predicted molar refractivity (Wildman–Crippen MR) is 86.6 cm³/mol. The van der Waals surface area contributed by atoms with Crippen LogP contribution in [0.25, 0.3) is 6.08 Å². The summed E-state index contributed by atoms with van der Waals surface area (Å²) in [5, 5.41) is 0. The molecule has 0 aromatic heterocycles. The summed E-state index contributed by atoms with van der Waals surface area (Å²) in [6, 6.07) is 13.4. The second kappa shape index (κ2) is 7.64. The van der Waals surface area contributed by atoms with E-state index in [1.54, 1.807) is 13.2 Å². The quantitative estimate of drug-likeness (QED) is 0.579. The largest absolute Gasteiger partial charge is 0.496 e. The van der Waals surface area contributed by atoms with E-state index in [2.05, 4.69) is 15.9 Å². The Morgan fingerprint density at radius 1 is 1.14 bits per heavy atom. The minimum Gasteiger partial charge on any atom is -0.496 e. The maximum Gasteiger partial charge on any atom is 0.142 e. The highest BCUT2D eigenvalue weighted by atomic mass is 79.9. The minimum absolute atomic E-state index is 0.396. The Kier molecular flexibility index (Phi) is 5.58. The second-order valence-corrected chi connectivity index (χ2v) is 5.19. The number of methoxy groups -OCH3 is 1. The van der Waals surface area contributed by atoms with Crippen molar-refractivity contribution in [1.29, 1.82) is 0 Å². The molecule has 21 heavy (non-hydrogen) atoms. The van der Waals surface area contributed by atoms with Crippen LogP contribution >= 0.6 is 15.9 Å². The van der Waals surface area contributed by atoms with Crippen LogP contribution in [0.4, 0.5) is 0 Å².